The van der Waals surface area contributed by atoms with E-state index in [-0.39, 0.29) is 0 Å². The van der Waals surface area contributed by atoms with Crippen LogP contribution in [0.4, 0.5) is 0 Å². The van der Waals surface area contributed by atoms with Crippen LogP contribution >= 0.6 is 0 Å². The number of aliphatic hydroxyl groups is 4. The van der Waals surface area contributed by atoms with Crippen LogP contribution in [0.25, 0.3) is 0 Å². The van der Waals surface area contributed by atoms with Crippen molar-refractivity contribution in [3.63, 3.8) is 0 Å². The lowest BCUT2D eigenvalue weighted by atomic mass is 9.91. The minimum atomic E-state index is -4.82. The Hall–Kier alpha value is -0.860. The maximum atomic E-state index is 11.3. The summed E-state index contributed by atoms with van der Waals surface area (Å²) in [5.74, 6) is -4.04. The second-order valence-corrected chi connectivity index (χ2v) is 5.50. The zero-order valence-electron chi connectivity index (χ0n) is 10.1. The average Bonchev–Trinajstić information content (AvgIpc) is 2.50. The molecule has 12 heteroatoms. The van der Waals surface area contributed by atoms with Crippen molar-refractivity contribution >= 4 is 16.3 Å². The first-order valence-electron chi connectivity index (χ1n) is 5.39. The monoisotopic (exact) mass is 315 g/mol. The molecular formula is C8H13NO10S. The van der Waals surface area contributed by atoms with Crippen molar-refractivity contribution in [1.29, 1.82) is 0 Å². The van der Waals surface area contributed by atoms with Crippen LogP contribution in [0.5, 0.6) is 0 Å². The Kier molecular flexibility index (Phi) is 3.55. The molecule has 0 unspecified atom stereocenters. The summed E-state index contributed by atoms with van der Waals surface area (Å²) in [4.78, 5) is 11.2. The highest BCUT2D eigenvalue weighted by Crippen LogP contribution is 2.45. The summed E-state index contributed by atoms with van der Waals surface area (Å²) < 4.78 is 36.0. The lowest BCUT2D eigenvalue weighted by molar-refractivity contribution is -0.433. The van der Waals surface area contributed by atoms with Crippen molar-refractivity contribution in [1.82, 2.24) is 5.32 Å². The number of amides is 1. The first-order chi connectivity index (χ1) is 9.07. The third kappa shape index (κ3) is 2.10. The van der Waals surface area contributed by atoms with Gasteiger partial charge in [-0.05, 0) is 0 Å². The molecule has 0 radical (unpaired) electrons. The molecule has 5 N–H and O–H groups in total. The van der Waals surface area contributed by atoms with E-state index in [1.807, 2.05) is 5.32 Å². The van der Waals surface area contributed by atoms with Gasteiger partial charge in [0.1, 0.15) is 18.3 Å². The summed E-state index contributed by atoms with van der Waals surface area (Å²) in [7, 11) is -4.82. The molecule has 2 aliphatic heterocycles. The van der Waals surface area contributed by atoms with Gasteiger partial charge < -0.3 is 30.5 Å². The third-order valence-corrected chi connectivity index (χ3v) is 3.79. The molecule has 116 valence electrons. The van der Waals surface area contributed by atoms with Gasteiger partial charge >= 0.3 is 16.4 Å². The molecule has 0 aromatic rings. The van der Waals surface area contributed by atoms with E-state index in [4.69, 9.17) is 9.84 Å². The maximum Gasteiger partial charge on any atom is 0.407 e. The number of nitrogens with one attached hydrogen (secondary N) is 1. The molecule has 2 saturated heterocycles. The lowest BCUT2D eigenvalue weighted by Crippen LogP contribution is -2.77. The fourth-order valence-electron chi connectivity index (χ4n) is 2.07. The number of ether oxygens (including phenoxy) is 1. The van der Waals surface area contributed by atoms with E-state index in [0.29, 0.717) is 0 Å². The molecule has 0 bridgehead atoms. The highest BCUT2D eigenvalue weighted by Gasteiger charge is 2.75. The molecule has 0 aromatic heterocycles. The summed E-state index contributed by atoms with van der Waals surface area (Å²) in [5, 5.41) is 40.6. The van der Waals surface area contributed by atoms with E-state index in [9.17, 15) is 28.5 Å². The molecule has 2 heterocycles. The van der Waals surface area contributed by atoms with Crippen molar-refractivity contribution in [3.05, 3.63) is 0 Å². The molecule has 0 aliphatic carbocycles. The number of fused-ring (bicyclic) bond motifs is 1. The van der Waals surface area contributed by atoms with Gasteiger partial charge in [0.2, 0.25) is 5.91 Å². The van der Waals surface area contributed by atoms with Crippen molar-refractivity contribution < 1.29 is 46.7 Å². The summed E-state index contributed by atoms with van der Waals surface area (Å²) >= 11 is 0. The Morgan fingerprint density at radius 2 is 1.95 bits per heavy atom. The Morgan fingerprint density at radius 1 is 1.35 bits per heavy atom. The quantitative estimate of drug-likeness (QED) is 0.337. The molecule has 2 rings (SSSR count). The van der Waals surface area contributed by atoms with Crippen LogP contribution in [0.1, 0.15) is 6.92 Å². The smallest absolute Gasteiger partial charge is 0.394 e. The Morgan fingerprint density at radius 3 is 2.45 bits per heavy atom. The van der Waals surface area contributed by atoms with Crippen molar-refractivity contribution in [2.45, 2.75) is 36.9 Å². The Bertz CT molecular complexity index is 521. The van der Waals surface area contributed by atoms with Gasteiger partial charge in [-0.2, -0.15) is 12.6 Å². The highest BCUT2D eigenvalue weighted by atomic mass is 32.3. The van der Waals surface area contributed by atoms with E-state index in [2.05, 4.69) is 8.37 Å². The molecule has 0 saturated carbocycles. The van der Waals surface area contributed by atoms with Crippen molar-refractivity contribution in [3.8, 4) is 0 Å². The van der Waals surface area contributed by atoms with Gasteiger partial charge in [0.15, 0.2) is 0 Å². The van der Waals surface area contributed by atoms with Crippen LogP contribution in [0.15, 0.2) is 0 Å². The Labute approximate surface area is 113 Å². The van der Waals surface area contributed by atoms with Gasteiger partial charge in [-0.1, -0.05) is 0 Å². The topological polar surface area (TPSA) is 172 Å². The fraction of sp³-hybridized carbons (Fsp3) is 0.875. The molecular weight excluding hydrogens is 302 g/mol. The van der Waals surface area contributed by atoms with Gasteiger partial charge in [0, 0.05) is 6.92 Å². The largest absolute Gasteiger partial charge is 0.407 e. The predicted octanol–water partition coefficient (Wildman–Crippen LogP) is -4.13. The van der Waals surface area contributed by atoms with Crippen molar-refractivity contribution in [2.75, 3.05) is 6.61 Å². The SMILES string of the molecule is CC(=O)N[C@@]12OS(=O)(=O)O[C@]1(O)O[C@H](CO)[C@@H](O)[C@@H]2O. The zero-order valence-corrected chi connectivity index (χ0v) is 10.9. The van der Waals surface area contributed by atoms with Gasteiger partial charge in [-0.3, -0.25) is 4.79 Å². The second kappa shape index (κ2) is 4.57. The molecule has 1 amide bonds. The van der Waals surface area contributed by atoms with E-state index in [1.54, 1.807) is 0 Å². The molecule has 2 aliphatic rings. The fourth-order valence-corrected chi connectivity index (χ4v) is 3.11. The summed E-state index contributed by atoms with van der Waals surface area (Å²) in [6, 6.07) is 0. The van der Waals surface area contributed by atoms with Crippen LogP contribution in [-0.4, -0.2) is 71.4 Å². The molecule has 2 fully saturated rings. The molecule has 20 heavy (non-hydrogen) atoms. The maximum absolute atomic E-state index is 11.3. The summed E-state index contributed by atoms with van der Waals surface area (Å²) in [6.45, 7) is 0.0841. The van der Waals surface area contributed by atoms with Crippen LogP contribution in [0.2, 0.25) is 0 Å². The zero-order chi connectivity index (χ0) is 15.3. The van der Waals surface area contributed by atoms with E-state index < -0.39 is 52.9 Å². The van der Waals surface area contributed by atoms with Gasteiger partial charge in [-0.15, -0.1) is 0 Å². The second-order valence-electron chi connectivity index (χ2n) is 4.35. The van der Waals surface area contributed by atoms with Gasteiger partial charge in [-0.25, -0.2) is 4.18 Å². The molecule has 11 nitrogen and oxygen atoms in total. The standard InChI is InChI=1S/C8H13NO10S/c1-3(11)9-7-6(13)5(12)4(2-10)17-8(7,14)19-20(15,16)18-7/h4-6,10,12-14H,2H2,1H3,(H,9,11)/t4-,5-,6+,7+,8-/m1/s1. The van der Waals surface area contributed by atoms with Crippen molar-refractivity contribution in [2.24, 2.45) is 0 Å². The number of carbonyl (C=O) groups is 1. The average molecular weight is 315 g/mol. The Balaban J connectivity index is 2.53. The predicted molar refractivity (Wildman–Crippen MR) is 56.6 cm³/mol. The first kappa shape index (κ1) is 15.5. The first-order valence-corrected chi connectivity index (χ1v) is 6.72. The number of hydrogen-bond donors (Lipinski definition) is 5. The van der Waals surface area contributed by atoms with Crippen LogP contribution in [0, 0.1) is 0 Å². The van der Waals surface area contributed by atoms with Crippen LogP contribution in [-0.2, 0) is 28.3 Å². The van der Waals surface area contributed by atoms with E-state index in [0.717, 1.165) is 6.92 Å². The number of hydrogen-bond acceptors (Lipinski definition) is 10. The lowest BCUT2D eigenvalue weighted by Gasteiger charge is -2.47. The third-order valence-electron chi connectivity index (χ3n) is 2.89. The van der Waals surface area contributed by atoms with E-state index >= 15 is 0 Å². The number of aliphatic hydroxyl groups excluding tert-OH is 3. The molecule has 0 aromatic carbocycles. The highest BCUT2D eigenvalue weighted by molar-refractivity contribution is 7.82. The molecule has 5 atom stereocenters. The number of carbonyl (C=O) groups excluding carboxylic acids is 1. The summed E-state index contributed by atoms with van der Waals surface area (Å²) in [5.41, 5.74) is -2.79. The minimum absolute atomic E-state index is 0.861. The van der Waals surface area contributed by atoms with Gasteiger partial charge in [0.25, 0.3) is 5.72 Å². The molecule has 0 spiro atoms. The normalized spacial score (nSPS) is 46.8. The van der Waals surface area contributed by atoms with Crippen LogP contribution < -0.4 is 5.32 Å². The summed E-state index contributed by atoms with van der Waals surface area (Å²) in [6.07, 6.45) is -5.57. The minimum Gasteiger partial charge on any atom is -0.394 e. The van der Waals surface area contributed by atoms with Crippen LogP contribution in [0.3, 0.4) is 0 Å². The van der Waals surface area contributed by atoms with Gasteiger partial charge in [0.05, 0.1) is 6.61 Å². The van der Waals surface area contributed by atoms with E-state index in [1.165, 1.54) is 0 Å². The number of rotatable bonds is 2.